The minimum Gasteiger partial charge on any atom is -0.395 e. The third-order valence-corrected chi connectivity index (χ3v) is 5.18. The second-order valence-electron chi connectivity index (χ2n) is 6.14. The van der Waals surface area contributed by atoms with Gasteiger partial charge in [-0.1, -0.05) is 43.9 Å². The molecule has 2 N–H and O–H groups in total. The molecule has 130 valence electrons. The number of amides is 1. The van der Waals surface area contributed by atoms with Gasteiger partial charge in [0, 0.05) is 19.0 Å². The van der Waals surface area contributed by atoms with Crippen molar-refractivity contribution >= 4 is 22.4 Å². The van der Waals surface area contributed by atoms with Crippen LogP contribution in [0.25, 0.3) is 0 Å². The van der Waals surface area contributed by atoms with E-state index < -0.39 is 0 Å². The number of unbranched alkanes of at least 4 members (excludes halogenated alkanes) is 1. The summed E-state index contributed by atoms with van der Waals surface area (Å²) in [6, 6.07) is 0.413. The van der Waals surface area contributed by atoms with E-state index in [1.165, 1.54) is 30.6 Å². The topological polar surface area (TPSA) is 78.4 Å². The predicted octanol–water partition coefficient (Wildman–Crippen LogP) is 2.45. The van der Waals surface area contributed by atoms with E-state index in [1.807, 2.05) is 0 Å². The van der Waals surface area contributed by atoms with E-state index >= 15 is 0 Å². The third kappa shape index (κ3) is 6.16. The fraction of sp³-hybridized carbons (Fsp3) is 0.812. The number of aliphatic hydroxyl groups is 1. The van der Waals surface area contributed by atoms with E-state index in [9.17, 15) is 9.90 Å². The number of nitrogens with one attached hydrogen (secondary N) is 1. The lowest BCUT2D eigenvalue weighted by Gasteiger charge is -2.33. The molecular weight excluding hydrogens is 312 g/mol. The number of rotatable bonds is 9. The highest BCUT2D eigenvalue weighted by Gasteiger charge is 2.23. The van der Waals surface area contributed by atoms with Crippen molar-refractivity contribution in [3.63, 3.8) is 0 Å². The largest absolute Gasteiger partial charge is 0.395 e. The molecule has 0 saturated heterocycles. The molecule has 2 rings (SSSR count). The zero-order chi connectivity index (χ0) is 16.5. The van der Waals surface area contributed by atoms with E-state index in [-0.39, 0.29) is 12.5 Å². The number of hydrogen-bond acceptors (Lipinski definition) is 6. The van der Waals surface area contributed by atoms with Gasteiger partial charge in [0.15, 0.2) is 0 Å². The van der Waals surface area contributed by atoms with Crippen LogP contribution in [0.2, 0.25) is 0 Å². The number of carbonyl (C=O) groups is 1. The van der Waals surface area contributed by atoms with E-state index in [4.69, 9.17) is 0 Å². The Hall–Kier alpha value is -1.05. The summed E-state index contributed by atoms with van der Waals surface area (Å²) in [5, 5.41) is 21.8. The van der Waals surface area contributed by atoms with Crippen LogP contribution < -0.4 is 5.32 Å². The van der Waals surface area contributed by atoms with Gasteiger partial charge >= 0.3 is 0 Å². The fourth-order valence-corrected chi connectivity index (χ4v) is 3.84. The van der Waals surface area contributed by atoms with Crippen LogP contribution >= 0.6 is 11.3 Å². The van der Waals surface area contributed by atoms with Crippen molar-refractivity contribution in [3.05, 3.63) is 5.01 Å². The van der Waals surface area contributed by atoms with Gasteiger partial charge < -0.3 is 5.11 Å². The highest BCUT2D eigenvalue weighted by molar-refractivity contribution is 7.15. The van der Waals surface area contributed by atoms with Crippen LogP contribution in [0, 0.1) is 0 Å². The predicted molar refractivity (Wildman–Crippen MR) is 92.7 cm³/mol. The van der Waals surface area contributed by atoms with Crippen LogP contribution in [0.1, 0.15) is 56.9 Å². The number of carbonyl (C=O) groups excluding carboxylic acids is 1. The highest BCUT2D eigenvalue weighted by atomic mass is 32.1. The van der Waals surface area contributed by atoms with Crippen molar-refractivity contribution in [1.29, 1.82) is 0 Å². The van der Waals surface area contributed by atoms with Gasteiger partial charge in [-0.05, 0) is 19.3 Å². The Balaban J connectivity index is 1.84. The van der Waals surface area contributed by atoms with Gasteiger partial charge in [0.1, 0.15) is 5.01 Å². The number of aliphatic hydroxyl groups excluding tert-OH is 1. The monoisotopic (exact) mass is 340 g/mol. The zero-order valence-corrected chi connectivity index (χ0v) is 14.8. The smallest absolute Gasteiger partial charge is 0.240 e. The maximum Gasteiger partial charge on any atom is 0.240 e. The molecule has 1 heterocycles. The normalized spacial score (nSPS) is 16.0. The molecule has 1 aromatic heterocycles. The summed E-state index contributed by atoms with van der Waals surface area (Å²) in [6.45, 7) is 3.10. The molecule has 0 radical (unpaired) electrons. The minimum absolute atomic E-state index is 0.0674. The first-order chi connectivity index (χ1) is 11.2. The Bertz CT molecular complexity index is 474. The second-order valence-corrected chi connectivity index (χ2v) is 7.20. The lowest BCUT2D eigenvalue weighted by atomic mass is 9.94. The molecule has 0 bridgehead atoms. The maximum absolute atomic E-state index is 12.3. The van der Waals surface area contributed by atoms with Gasteiger partial charge in [-0.2, -0.15) is 0 Å². The molecule has 23 heavy (non-hydrogen) atoms. The molecule has 6 nitrogen and oxygen atoms in total. The summed E-state index contributed by atoms with van der Waals surface area (Å²) < 4.78 is 0. The van der Waals surface area contributed by atoms with Crippen LogP contribution in [0.5, 0.6) is 0 Å². The Labute approximate surface area is 142 Å². The number of anilines is 1. The number of aryl methyl sites for hydroxylation is 1. The van der Waals surface area contributed by atoms with Crippen molar-refractivity contribution < 1.29 is 9.90 Å². The van der Waals surface area contributed by atoms with Gasteiger partial charge in [0.05, 0.1) is 13.2 Å². The molecular formula is C16H28N4O2S. The Kier molecular flexibility index (Phi) is 7.91. The van der Waals surface area contributed by atoms with Crippen molar-refractivity contribution in [2.45, 2.75) is 64.3 Å². The van der Waals surface area contributed by atoms with Gasteiger partial charge in [-0.3, -0.25) is 15.0 Å². The number of aromatic nitrogens is 2. The van der Waals surface area contributed by atoms with Crippen LogP contribution in [0.3, 0.4) is 0 Å². The Morgan fingerprint density at radius 2 is 2.13 bits per heavy atom. The first-order valence-electron chi connectivity index (χ1n) is 8.70. The van der Waals surface area contributed by atoms with Gasteiger partial charge in [0.2, 0.25) is 11.0 Å². The SMILES string of the molecule is CCCCc1nnc(NC(=O)CN(CCO)C2CCCCC2)s1. The number of nitrogens with zero attached hydrogens (tertiary/aromatic N) is 3. The summed E-state index contributed by atoms with van der Waals surface area (Å²) in [7, 11) is 0. The van der Waals surface area contributed by atoms with Crippen molar-refractivity contribution in [3.8, 4) is 0 Å². The zero-order valence-electron chi connectivity index (χ0n) is 14.0. The molecule has 1 fully saturated rings. The summed E-state index contributed by atoms with van der Waals surface area (Å²) in [5.41, 5.74) is 0. The fourth-order valence-electron chi connectivity index (χ4n) is 3.04. The van der Waals surface area contributed by atoms with Crippen molar-refractivity contribution in [2.24, 2.45) is 0 Å². The van der Waals surface area contributed by atoms with Gasteiger partial charge in [0.25, 0.3) is 0 Å². The summed E-state index contributed by atoms with van der Waals surface area (Å²) in [6.07, 6.45) is 9.08. The average molecular weight is 340 g/mol. The second kappa shape index (κ2) is 9.95. The maximum atomic E-state index is 12.3. The molecule has 1 saturated carbocycles. The van der Waals surface area contributed by atoms with E-state index in [2.05, 4.69) is 27.3 Å². The molecule has 1 aromatic rings. The molecule has 1 aliphatic carbocycles. The quantitative estimate of drug-likeness (QED) is 0.722. The summed E-state index contributed by atoms with van der Waals surface area (Å²) in [5.74, 6) is -0.0674. The van der Waals surface area contributed by atoms with Crippen molar-refractivity contribution in [1.82, 2.24) is 15.1 Å². The average Bonchev–Trinajstić information content (AvgIpc) is 3.00. The van der Waals surface area contributed by atoms with Crippen LogP contribution in [-0.4, -0.2) is 51.8 Å². The van der Waals surface area contributed by atoms with E-state index in [1.54, 1.807) is 0 Å². The third-order valence-electron chi connectivity index (χ3n) is 4.28. The first kappa shape index (κ1) is 18.3. The molecule has 0 aromatic carbocycles. The number of hydrogen-bond donors (Lipinski definition) is 2. The molecule has 0 aliphatic heterocycles. The molecule has 0 spiro atoms. The molecule has 1 aliphatic rings. The van der Waals surface area contributed by atoms with Crippen LogP contribution in [0.4, 0.5) is 5.13 Å². The summed E-state index contributed by atoms with van der Waals surface area (Å²) >= 11 is 1.46. The van der Waals surface area contributed by atoms with Crippen LogP contribution in [0.15, 0.2) is 0 Å². The highest BCUT2D eigenvalue weighted by Crippen LogP contribution is 2.22. The standard InChI is InChI=1S/C16H28N4O2S/c1-2-3-9-15-18-19-16(23-15)17-14(22)12-20(10-11-21)13-7-5-4-6-8-13/h13,21H,2-12H2,1H3,(H,17,19,22). The Morgan fingerprint density at radius 3 is 2.83 bits per heavy atom. The van der Waals surface area contributed by atoms with Crippen molar-refractivity contribution in [2.75, 3.05) is 25.0 Å². The minimum atomic E-state index is -0.0674. The van der Waals surface area contributed by atoms with E-state index in [0.717, 1.165) is 37.1 Å². The van der Waals surface area contributed by atoms with Gasteiger partial charge in [-0.25, -0.2) is 0 Å². The summed E-state index contributed by atoms with van der Waals surface area (Å²) in [4.78, 5) is 14.4. The Morgan fingerprint density at radius 1 is 1.35 bits per heavy atom. The molecule has 7 heteroatoms. The molecule has 0 atom stereocenters. The van der Waals surface area contributed by atoms with E-state index in [0.29, 0.717) is 24.3 Å². The lowest BCUT2D eigenvalue weighted by Crippen LogP contribution is -2.43. The lowest BCUT2D eigenvalue weighted by molar-refractivity contribution is -0.118. The van der Waals surface area contributed by atoms with Crippen LogP contribution in [-0.2, 0) is 11.2 Å². The molecule has 0 unspecified atom stereocenters. The first-order valence-corrected chi connectivity index (χ1v) is 9.51. The molecule has 1 amide bonds. The van der Waals surface area contributed by atoms with Gasteiger partial charge in [-0.15, -0.1) is 10.2 Å².